The molecule has 0 spiro atoms. The quantitative estimate of drug-likeness (QED) is 0.162. The molecule has 1 fully saturated rings. The fourth-order valence-corrected chi connectivity index (χ4v) is 5.91. The summed E-state index contributed by atoms with van der Waals surface area (Å²) in [6.07, 6.45) is 1.17. The minimum atomic E-state index is -0.672. The van der Waals surface area contributed by atoms with Crippen LogP contribution in [0.3, 0.4) is 0 Å². The molecule has 6 N–H and O–H groups in total. The summed E-state index contributed by atoms with van der Waals surface area (Å²) < 4.78 is 13.6. The SMILES string of the molecule is CCC(N=C(N)N)[C@@H]1N[C@H](CNC(=O)c2ccc3cc(F)ccc3c2)CCN(CC(c2ccccc2)c2ccccc2)C1=O. The van der Waals surface area contributed by atoms with Crippen LogP contribution in [0.2, 0.25) is 0 Å². The first-order valence-electron chi connectivity index (χ1n) is 15.0. The van der Waals surface area contributed by atoms with Crippen LogP contribution in [0.4, 0.5) is 4.39 Å². The number of nitrogens with one attached hydrogen (secondary N) is 2. The molecule has 4 aromatic rings. The molecule has 0 aromatic heterocycles. The molecule has 228 valence electrons. The van der Waals surface area contributed by atoms with Crippen LogP contribution in [-0.2, 0) is 4.79 Å². The van der Waals surface area contributed by atoms with E-state index in [0.29, 0.717) is 38.0 Å². The molecule has 1 aliphatic heterocycles. The number of aliphatic imine (C=N–C) groups is 1. The number of hydrogen-bond donors (Lipinski definition) is 4. The van der Waals surface area contributed by atoms with E-state index in [1.807, 2.05) is 48.2 Å². The van der Waals surface area contributed by atoms with Crippen LogP contribution < -0.4 is 22.1 Å². The molecule has 9 heteroatoms. The zero-order chi connectivity index (χ0) is 31.1. The van der Waals surface area contributed by atoms with Crippen LogP contribution in [-0.4, -0.2) is 60.4 Å². The van der Waals surface area contributed by atoms with E-state index in [0.717, 1.165) is 21.9 Å². The zero-order valence-corrected chi connectivity index (χ0v) is 24.8. The minimum Gasteiger partial charge on any atom is -0.370 e. The number of fused-ring (bicyclic) bond motifs is 1. The van der Waals surface area contributed by atoms with E-state index in [-0.39, 0.29) is 35.6 Å². The highest BCUT2D eigenvalue weighted by Crippen LogP contribution is 2.27. The zero-order valence-electron chi connectivity index (χ0n) is 24.8. The first-order chi connectivity index (χ1) is 21.3. The van der Waals surface area contributed by atoms with E-state index >= 15 is 0 Å². The molecule has 5 rings (SSSR count). The number of carbonyl (C=O) groups excluding carboxylic acids is 2. The molecule has 0 saturated carbocycles. The number of amides is 2. The van der Waals surface area contributed by atoms with Crippen LogP contribution in [0.15, 0.2) is 102 Å². The lowest BCUT2D eigenvalue weighted by atomic mass is 9.90. The number of halogens is 1. The number of benzene rings is 4. The number of rotatable bonds is 10. The number of carbonyl (C=O) groups is 2. The van der Waals surface area contributed by atoms with E-state index in [9.17, 15) is 14.0 Å². The number of nitrogens with zero attached hydrogens (tertiary/aromatic N) is 2. The van der Waals surface area contributed by atoms with Gasteiger partial charge in [0.1, 0.15) is 11.9 Å². The Labute approximate surface area is 257 Å². The summed E-state index contributed by atoms with van der Waals surface area (Å²) in [5.74, 6) is -0.740. The highest BCUT2D eigenvalue weighted by molar-refractivity contribution is 5.98. The molecule has 1 saturated heterocycles. The van der Waals surface area contributed by atoms with Crippen molar-refractivity contribution in [3.8, 4) is 0 Å². The molecular weight excluding hydrogens is 555 g/mol. The summed E-state index contributed by atoms with van der Waals surface area (Å²) in [6, 6.07) is 28.7. The molecular formula is C35H39FN6O2. The maximum Gasteiger partial charge on any atom is 0.251 e. The lowest BCUT2D eigenvalue weighted by molar-refractivity contribution is -0.133. The summed E-state index contributed by atoms with van der Waals surface area (Å²) in [4.78, 5) is 33.6. The van der Waals surface area contributed by atoms with Gasteiger partial charge in [0.25, 0.3) is 5.91 Å². The molecule has 44 heavy (non-hydrogen) atoms. The second-order valence-corrected chi connectivity index (χ2v) is 11.2. The van der Waals surface area contributed by atoms with Gasteiger partial charge in [-0.05, 0) is 59.0 Å². The van der Waals surface area contributed by atoms with E-state index in [2.05, 4.69) is 39.9 Å². The van der Waals surface area contributed by atoms with Gasteiger partial charge in [0, 0.05) is 37.2 Å². The van der Waals surface area contributed by atoms with Gasteiger partial charge in [0.15, 0.2) is 5.96 Å². The largest absolute Gasteiger partial charge is 0.370 e. The molecule has 4 aromatic carbocycles. The molecule has 0 radical (unpaired) electrons. The normalized spacial score (nSPS) is 17.7. The third kappa shape index (κ3) is 7.41. The minimum absolute atomic E-state index is 0.0252. The molecule has 1 heterocycles. The van der Waals surface area contributed by atoms with Gasteiger partial charge in [-0.25, -0.2) is 9.38 Å². The summed E-state index contributed by atoms with van der Waals surface area (Å²) in [7, 11) is 0. The maximum atomic E-state index is 14.2. The maximum absolute atomic E-state index is 14.2. The Balaban J connectivity index is 1.37. The van der Waals surface area contributed by atoms with Crippen molar-refractivity contribution in [3.05, 3.63) is 120 Å². The number of hydrogen-bond acceptors (Lipinski definition) is 4. The molecule has 2 amide bonds. The van der Waals surface area contributed by atoms with Crippen molar-refractivity contribution in [1.29, 1.82) is 0 Å². The van der Waals surface area contributed by atoms with Gasteiger partial charge in [0.05, 0.1) is 6.04 Å². The summed E-state index contributed by atoms with van der Waals surface area (Å²) >= 11 is 0. The molecule has 0 bridgehead atoms. The third-order valence-corrected chi connectivity index (χ3v) is 8.24. The Hall–Kier alpha value is -4.76. The molecule has 3 atom stereocenters. The Morgan fingerprint density at radius 1 is 0.977 bits per heavy atom. The second-order valence-electron chi connectivity index (χ2n) is 11.2. The average molecular weight is 595 g/mol. The third-order valence-electron chi connectivity index (χ3n) is 8.24. The van der Waals surface area contributed by atoms with Crippen LogP contribution in [0.5, 0.6) is 0 Å². The van der Waals surface area contributed by atoms with Crippen LogP contribution in [0.1, 0.15) is 47.2 Å². The van der Waals surface area contributed by atoms with Gasteiger partial charge in [-0.2, -0.15) is 0 Å². The van der Waals surface area contributed by atoms with Gasteiger partial charge in [-0.15, -0.1) is 0 Å². The highest BCUT2D eigenvalue weighted by Gasteiger charge is 2.37. The Morgan fingerprint density at radius 3 is 2.25 bits per heavy atom. The van der Waals surface area contributed by atoms with Gasteiger partial charge < -0.3 is 21.7 Å². The summed E-state index contributed by atoms with van der Waals surface area (Å²) in [5.41, 5.74) is 14.3. The molecule has 1 unspecified atom stereocenters. The second kappa shape index (κ2) is 14.1. The van der Waals surface area contributed by atoms with Crippen molar-refractivity contribution < 1.29 is 14.0 Å². The average Bonchev–Trinajstić information content (AvgIpc) is 3.19. The van der Waals surface area contributed by atoms with Crippen LogP contribution >= 0.6 is 0 Å². The van der Waals surface area contributed by atoms with Gasteiger partial charge in [-0.3, -0.25) is 14.9 Å². The molecule has 8 nitrogen and oxygen atoms in total. The van der Waals surface area contributed by atoms with E-state index in [1.54, 1.807) is 24.3 Å². The fraction of sp³-hybridized carbons (Fsp3) is 0.286. The first kappa shape index (κ1) is 30.7. The Morgan fingerprint density at radius 2 is 1.61 bits per heavy atom. The Kier molecular flexibility index (Phi) is 9.86. The van der Waals surface area contributed by atoms with Crippen molar-refractivity contribution >= 4 is 28.5 Å². The smallest absolute Gasteiger partial charge is 0.251 e. The fourth-order valence-electron chi connectivity index (χ4n) is 5.91. The summed E-state index contributed by atoms with van der Waals surface area (Å²) in [5, 5.41) is 8.01. The highest BCUT2D eigenvalue weighted by atomic mass is 19.1. The first-order valence-corrected chi connectivity index (χ1v) is 15.0. The lowest BCUT2D eigenvalue weighted by Gasteiger charge is -2.31. The topological polar surface area (TPSA) is 126 Å². The molecule has 1 aliphatic rings. The van der Waals surface area contributed by atoms with Crippen molar-refractivity contribution in [1.82, 2.24) is 15.5 Å². The number of nitrogens with two attached hydrogens (primary N) is 2. The standard InChI is InChI=1S/C35H39FN6O2/c1-2-31(41-35(37)38)32-34(44)42(22-30(23-9-5-3-6-10-23)24-11-7-4-8-12-24)18-17-29(40-32)21-39-33(43)27-14-13-26-20-28(36)16-15-25(26)19-27/h3-16,19-20,29-32,40H,2,17-18,21-22H2,1H3,(H,39,43)(H4,37,38,41)/t29-,31?,32-/m0/s1. The van der Waals surface area contributed by atoms with Crippen LogP contribution in [0, 0.1) is 5.82 Å². The predicted octanol–water partition coefficient (Wildman–Crippen LogP) is 4.15. The van der Waals surface area contributed by atoms with E-state index in [1.165, 1.54) is 12.1 Å². The van der Waals surface area contributed by atoms with Crippen molar-refractivity contribution in [2.45, 2.75) is 43.8 Å². The lowest BCUT2D eigenvalue weighted by Crippen LogP contribution is -2.54. The van der Waals surface area contributed by atoms with E-state index < -0.39 is 12.1 Å². The Bertz CT molecular complexity index is 1570. The number of guanidine groups is 1. The molecule has 0 aliphatic carbocycles. The van der Waals surface area contributed by atoms with Crippen molar-refractivity contribution in [2.24, 2.45) is 16.5 Å². The van der Waals surface area contributed by atoms with Crippen molar-refractivity contribution in [3.63, 3.8) is 0 Å². The van der Waals surface area contributed by atoms with Gasteiger partial charge in [-0.1, -0.05) is 79.7 Å². The van der Waals surface area contributed by atoms with Gasteiger partial charge >= 0.3 is 0 Å². The monoisotopic (exact) mass is 594 g/mol. The van der Waals surface area contributed by atoms with Crippen LogP contribution in [0.25, 0.3) is 10.8 Å². The van der Waals surface area contributed by atoms with E-state index in [4.69, 9.17) is 11.5 Å². The van der Waals surface area contributed by atoms with Crippen molar-refractivity contribution in [2.75, 3.05) is 19.6 Å². The van der Waals surface area contributed by atoms with Gasteiger partial charge in [0.2, 0.25) is 5.91 Å². The summed E-state index contributed by atoms with van der Waals surface area (Å²) in [6.45, 7) is 3.23. The predicted molar refractivity (Wildman–Crippen MR) is 173 cm³/mol.